The molecule has 228 valence electrons. The first-order valence-electron chi connectivity index (χ1n) is 13.4. The number of hydrogen-bond acceptors (Lipinski definition) is 7. The van der Waals surface area contributed by atoms with Gasteiger partial charge in [-0.2, -0.15) is 0 Å². The fourth-order valence-electron chi connectivity index (χ4n) is 3.65. The van der Waals surface area contributed by atoms with Crippen molar-refractivity contribution in [3.05, 3.63) is 130 Å². The van der Waals surface area contributed by atoms with E-state index in [4.69, 9.17) is 37.4 Å². The highest BCUT2D eigenvalue weighted by Gasteiger charge is 2.09. The second kappa shape index (κ2) is 16.5. The average molecular weight is 645 g/mol. The zero-order chi connectivity index (χ0) is 32.0. The topological polar surface area (TPSA) is 120 Å². The van der Waals surface area contributed by atoms with E-state index >= 15 is 0 Å². The molecular formula is C34H26Cl2N2O7. The van der Waals surface area contributed by atoms with E-state index in [0.29, 0.717) is 44.0 Å². The molecule has 0 heterocycles. The Morgan fingerprint density at radius 2 is 0.933 bits per heavy atom. The fourth-order valence-corrected chi connectivity index (χ4v) is 4.05. The zero-order valence-corrected chi connectivity index (χ0v) is 25.1. The molecule has 0 aliphatic carbocycles. The third-order valence-electron chi connectivity index (χ3n) is 5.81. The summed E-state index contributed by atoms with van der Waals surface area (Å²) in [5.74, 6) is -1.38. The molecule has 0 aliphatic heterocycles. The molecule has 4 aromatic rings. The van der Waals surface area contributed by atoms with Crippen LogP contribution in [0.4, 0.5) is 11.4 Å². The van der Waals surface area contributed by atoms with E-state index in [0.717, 1.165) is 0 Å². The van der Waals surface area contributed by atoms with Crippen LogP contribution in [-0.2, 0) is 28.7 Å². The smallest absolute Gasteiger partial charge is 0.331 e. The van der Waals surface area contributed by atoms with Gasteiger partial charge in [-0.15, -0.1) is 0 Å². The van der Waals surface area contributed by atoms with Gasteiger partial charge in [-0.3, -0.25) is 9.59 Å². The number of nitrogens with one attached hydrogen (secondary N) is 2. The van der Waals surface area contributed by atoms with Crippen LogP contribution in [0.15, 0.2) is 109 Å². The first kappa shape index (κ1) is 32.5. The van der Waals surface area contributed by atoms with Gasteiger partial charge in [0, 0.05) is 33.6 Å². The highest BCUT2D eigenvalue weighted by molar-refractivity contribution is 6.32. The maximum atomic E-state index is 12.2. The predicted molar refractivity (Wildman–Crippen MR) is 173 cm³/mol. The van der Waals surface area contributed by atoms with E-state index in [1.54, 1.807) is 97.1 Å². The lowest BCUT2D eigenvalue weighted by atomic mass is 10.2. The molecule has 0 unspecified atom stereocenters. The fraction of sp³-hybridized carbons (Fsp3) is 0.0588. The third-order valence-corrected chi connectivity index (χ3v) is 6.50. The Hall–Kier alpha value is -5.38. The van der Waals surface area contributed by atoms with Crippen molar-refractivity contribution in [3.63, 3.8) is 0 Å². The average Bonchev–Trinajstić information content (AvgIpc) is 3.04. The van der Waals surface area contributed by atoms with Crippen molar-refractivity contribution in [2.75, 3.05) is 23.8 Å². The zero-order valence-electron chi connectivity index (χ0n) is 23.6. The summed E-state index contributed by atoms with van der Waals surface area (Å²) in [6, 6.07) is 27.1. The summed E-state index contributed by atoms with van der Waals surface area (Å²) in [6.07, 6.45) is 5.41. The highest BCUT2D eigenvalue weighted by atomic mass is 35.5. The first-order chi connectivity index (χ1) is 21.7. The number of carbonyl (C=O) groups is 4. The maximum absolute atomic E-state index is 12.2. The predicted octanol–water partition coefficient (Wildman–Crippen LogP) is 7.18. The Labute approximate surface area is 269 Å². The monoisotopic (exact) mass is 644 g/mol. The standard InChI is InChI=1S/C34H26Cl2N2O7/c35-29-7-3-1-5-23(29)9-19-33(41)43-21-31(39)37-25-11-15-27(16-12-25)45-28-17-13-26(14-18-28)38-32(40)22-44-34(42)20-10-24-6-2-4-8-30(24)36/h1-20H,21-22H2,(H,37,39)(H,38,40)/b19-9+,20-10+. The summed E-state index contributed by atoms with van der Waals surface area (Å²) < 4.78 is 15.7. The van der Waals surface area contributed by atoms with Crippen molar-refractivity contribution in [1.29, 1.82) is 0 Å². The minimum Gasteiger partial charge on any atom is -0.457 e. The summed E-state index contributed by atoms with van der Waals surface area (Å²) >= 11 is 12.1. The molecule has 0 aromatic heterocycles. The molecule has 4 aromatic carbocycles. The number of carbonyl (C=O) groups excluding carboxylic acids is 4. The first-order valence-corrected chi connectivity index (χ1v) is 14.2. The normalized spacial score (nSPS) is 10.8. The summed E-state index contributed by atoms with van der Waals surface area (Å²) in [5.41, 5.74) is 2.27. The van der Waals surface area contributed by atoms with Crippen molar-refractivity contribution in [2.45, 2.75) is 0 Å². The number of ether oxygens (including phenoxy) is 3. The maximum Gasteiger partial charge on any atom is 0.331 e. The molecule has 2 N–H and O–H groups in total. The summed E-state index contributed by atoms with van der Waals surface area (Å²) in [4.78, 5) is 48.2. The van der Waals surface area contributed by atoms with Crippen LogP contribution in [0.1, 0.15) is 11.1 Å². The van der Waals surface area contributed by atoms with Gasteiger partial charge < -0.3 is 24.8 Å². The number of halogens is 2. The Bertz CT molecular complexity index is 1590. The molecule has 0 radical (unpaired) electrons. The molecule has 2 amide bonds. The summed E-state index contributed by atoms with van der Waals surface area (Å²) in [7, 11) is 0. The number of anilines is 2. The molecule has 4 rings (SSSR count). The quantitative estimate of drug-likeness (QED) is 0.124. The van der Waals surface area contributed by atoms with Gasteiger partial charge in [-0.25, -0.2) is 9.59 Å². The van der Waals surface area contributed by atoms with Crippen LogP contribution in [0.25, 0.3) is 12.2 Å². The highest BCUT2D eigenvalue weighted by Crippen LogP contribution is 2.24. The second-order valence-electron chi connectivity index (χ2n) is 9.17. The molecule has 0 saturated carbocycles. The minimum absolute atomic E-state index is 0.462. The van der Waals surface area contributed by atoms with Crippen LogP contribution in [-0.4, -0.2) is 37.0 Å². The van der Waals surface area contributed by atoms with Crippen molar-refractivity contribution < 1.29 is 33.4 Å². The molecule has 0 aliphatic rings. The van der Waals surface area contributed by atoms with Gasteiger partial charge in [-0.05, 0) is 83.9 Å². The van der Waals surface area contributed by atoms with Crippen LogP contribution in [0, 0.1) is 0 Å². The van der Waals surface area contributed by atoms with Gasteiger partial charge in [-0.1, -0.05) is 59.6 Å². The molecule has 9 nitrogen and oxygen atoms in total. The van der Waals surface area contributed by atoms with Gasteiger partial charge in [0.05, 0.1) is 0 Å². The number of esters is 2. The molecule has 11 heteroatoms. The van der Waals surface area contributed by atoms with Crippen LogP contribution in [0.3, 0.4) is 0 Å². The van der Waals surface area contributed by atoms with Crippen LogP contribution in [0.2, 0.25) is 10.0 Å². The van der Waals surface area contributed by atoms with E-state index in [2.05, 4.69) is 10.6 Å². The molecular weight excluding hydrogens is 619 g/mol. The lowest BCUT2D eigenvalue weighted by Crippen LogP contribution is -2.20. The third kappa shape index (κ3) is 11.0. The Morgan fingerprint density at radius 3 is 1.31 bits per heavy atom. The minimum atomic E-state index is -0.680. The van der Waals surface area contributed by atoms with Crippen molar-refractivity contribution in [2.24, 2.45) is 0 Å². The summed E-state index contributed by atoms with van der Waals surface area (Å²) in [5, 5.41) is 6.25. The van der Waals surface area contributed by atoms with E-state index in [9.17, 15) is 19.2 Å². The van der Waals surface area contributed by atoms with Crippen LogP contribution < -0.4 is 15.4 Å². The molecule has 0 atom stereocenters. The van der Waals surface area contributed by atoms with Crippen molar-refractivity contribution in [1.82, 2.24) is 0 Å². The van der Waals surface area contributed by atoms with E-state index in [1.165, 1.54) is 24.3 Å². The molecule has 0 fully saturated rings. The van der Waals surface area contributed by atoms with Gasteiger partial charge in [0.1, 0.15) is 11.5 Å². The van der Waals surface area contributed by atoms with Crippen LogP contribution >= 0.6 is 23.2 Å². The van der Waals surface area contributed by atoms with Crippen LogP contribution in [0.5, 0.6) is 11.5 Å². The lowest BCUT2D eigenvalue weighted by Gasteiger charge is -2.09. The largest absolute Gasteiger partial charge is 0.457 e. The van der Waals surface area contributed by atoms with Crippen molar-refractivity contribution >= 4 is 70.5 Å². The van der Waals surface area contributed by atoms with Gasteiger partial charge in [0.15, 0.2) is 13.2 Å². The number of hydrogen-bond donors (Lipinski definition) is 2. The molecule has 0 bridgehead atoms. The number of benzene rings is 4. The van der Waals surface area contributed by atoms with E-state index < -0.39 is 37.0 Å². The van der Waals surface area contributed by atoms with Crippen molar-refractivity contribution in [3.8, 4) is 11.5 Å². The van der Waals surface area contributed by atoms with Gasteiger partial charge in [0.2, 0.25) is 0 Å². The number of rotatable bonds is 12. The number of amides is 2. The van der Waals surface area contributed by atoms with E-state index in [1.807, 2.05) is 0 Å². The Balaban J connectivity index is 1.17. The molecule has 0 spiro atoms. The van der Waals surface area contributed by atoms with Gasteiger partial charge >= 0.3 is 11.9 Å². The lowest BCUT2D eigenvalue weighted by molar-refractivity contribution is -0.142. The SMILES string of the molecule is O=C(COC(=O)/C=C/c1ccccc1Cl)Nc1ccc(Oc2ccc(NC(=O)COC(=O)/C=C/c3ccccc3Cl)cc2)cc1. The Kier molecular flexibility index (Phi) is 11.9. The molecule has 0 saturated heterocycles. The molecule has 45 heavy (non-hydrogen) atoms. The second-order valence-corrected chi connectivity index (χ2v) is 9.99. The van der Waals surface area contributed by atoms with E-state index in [-0.39, 0.29) is 0 Å². The summed E-state index contributed by atoms with van der Waals surface area (Å²) in [6.45, 7) is -0.925. The Morgan fingerprint density at radius 1 is 0.556 bits per heavy atom. The van der Waals surface area contributed by atoms with Gasteiger partial charge in [0.25, 0.3) is 11.8 Å².